The van der Waals surface area contributed by atoms with Gasteiger partial charge < -0.3 is 29.9 Å². The number of hydrogen-bond donors (Lipinski definition) is 3. The second-order valence-corrected chi connectivity index (χ2v) is 8.90. The topological polar surface area (TPSA) is 131 Å². The van der Waals surface area contributed by atoms with E-state index in [-0.39, 0.29) is 11.7 Å². The first-order chi connectivity index (χ1) is 15.7. The molecule has 2 heterocycles. The number of methoxy groups -OCH3 is 1. The van der Waals surface area contributed by atoms with Gasteiger partial charge in [-0.15, -0.1) is 0 Å². The van der Waals surface area contributed by atoms with Gasteiger partial charge in [0.2, 0.25) is 5.91 Å². The summed E-state index contributed by atoms with van der Waals surface area (Å²) in [7, 11) is 1.56. The van der Waals surface area contributed by atoms with Gasteiger partial charge in [-0.25, -0.2) is 9.59 Å². The van der Waals surface area contributed by atoms with Crippen LogP contribution >= 0.6 is 15.9 Å². The summed E-state index contributed by atoms with van der Waals surface area (Å²) in [5.41, 5.74) is 1.09. The Balaban J connectivity index is 0.000000569. The summed E-state index contributed by atoms with van der Waals surface area (Å²) >= 11 is 3.38. The summed E-state index contributed by atoms with van der Waals surface area (Å²) in [5, 5.41) is 24.7. The van der Waals surface area contributed by atoms with Crippen molar-refractivity contribution >= 4 is 33.8 Å². The van der Waals surface area contributed by atoms with Gasteiger partial charge in [0.1, 0.15) is 0 Å². The van der Waals surface area contributed by atoms with Crippen LogP contribution in [0, 0.1) is 5.92 Å². The van der Waals surface area contributed by atoms with Gasteiger partial charge in [0.05, 0.1) is 11.6 Å². The quantitative estimate of drug-likeness (QED) is 0.487. The molecular weight excluding hydrogens is 498 g/mol. The number of hydrogen-bond acceptors (Lipinski definition) is 7. The van der Waals surface area contributed by atoms with Gasteiger partial charge in [-0.05, 0) is 66.1 Å². The number of piperidine rings is 1. The van der Waals surface area contributed by atoms with Gasteiger partial charge in [0.15, 0.2) is 11.5 Å². The van der Waals surface area contributed by atoms with Crippen molar-refractivity contribution in [3.05, 3.63) is 22.2 Å². The maximum Gasteiger partial charge on any atom is 0.414 e. The van der Waals surface area contributed by atoms with Crippen molar-refractivity contribution < 1.29 is 34.4 Å². The van der Waals surface area contributed by atoms with Crippen LogP contribution in [0.25, 0.3) is 0 Å². The molecule has 1 aromatic carbocycles. The molecule has 0 aromatic heterocycles. The third kappa shape index (κ3) is 7.86. The lowest BCUT2D eigenvalue weighted by molar-refractivity contribution is -0.159. The second-order valence-electron chi connectivity index (χ2n) is 8.05. The van der Waals surface area contributed by atoms with Gasteiger partial charge >= 0.3 is 11.9 Å². The molecule has 0 bridgehead atoms. The summed E-state index contributed by atoms with van der Waals surface area (Å²) in [5.74, 6) is -2.52. The molecular formula is C22H32BrN3O7. The number of ether oxygens (including phenoxy) is 1. The zero-order valence-corrected chi connectivity index (χ0v) is 20.6. The van der Waals surface area contributed by atoms with E-state index in [2.05, 4.69) is 37.6 Å². The van der Waals surface area contributed by atoms with Crippen LogP contribution in [0.3, 0.4) is 0 Å². The molecule has 0 aliphatic carbocycles. The van der Waals surface area contributed by atoms with Gasteiger partial charge in [-0.2, -0.15) is 0 Å². The molecule has 0 unspecified atom stereocenters. The average Bonchev–Trinajstić information content (AvgIpc) is 2.81. The minimum Gasteiger partial charge on any atom is -0.503 e. The highest BCUT2D eigenvalue weighted by Crippen LogP contribution is 2.35. The molecule has 10 nitrogen and oxygen atoms in total. The standard InChI is InChI=1S/C20H30BrN3O3.C2H2O4/c1-3-22-8-10-24(11-9-22)20(26)16-4-6-23(7-5-16)14-15-12-17(21)19(25)18(13-15)27-2;3-1(4)2(5)6/h12-13,16,25H,3-11,14H2,1-2H3;(H,3,4)(H,5,6). The molecule has 2 aliphatic rings. The van der Waals surface area contributed by atoms with Crippen LogP contribution in [0.2, 0.25) is 0 Å². The molecule has 1 aromatic rings. The number of carboxylic acids is 2. The normalized spacial score (nSPS) is 17.7. The third-order valence-corrected chi connectivity index (χ3v) is 6.57. The minimum absolute atomic E-state index is 0.133. The molecule has 11 heteroatoms. The Bertz CT molecular complexity index is 824. The van der Waals surface area contributed by atoms with Gasteiger partial charge in [-0.3, -0.25) is 9.69 Å². The van der Waals surface area contributed by atoms with Gasteiger partial charge in [0.25, 0.3) is 0 Å². The molecule has 0 saturated carbocycles. The number of piperazine rings is 1. The van der Waals surface area contributed by atoms with E-state index in [0.29, 0.717) is 16.1 Å². The highest BCUT2D eigenvalue weighted by atomic mass is 79.9. The summed E-state index contributed by atoms with van der Waals surface area (Å²) in [6, 6.07) is 3.81. The van der Waals surface area contributed by atoms with Crippen LogP contribution in [-0.4, -0.2) is 101 Å². The highest BCUT2D eigenvalue weighted by molar-refractivity contribution is 9.10. The maximum atomic E-state index is 12.8. The molecule has 3 N–H and O–H groups in total. The lowest BCUT2D eigenvalue weighted by Gasteiger charge is -2.38. The number of phenols is 1. The molecule has 2 fully saturated rings. The van der Waals surface area contributed by atoms with Crippen LogP contribution in [-0.2, 0) is 20.9 Å². The molecule has 2 saturated heterocycles. The van der Waals surface area contributed by atoms with Crippen LogP contribution in [0.5, 0.6) is 11.5 Å². The van der Waals surface area contributed by atoms with Crippen LogP contribution in [0.4, 0.5) is 0 Å². The summed E-state index contributed by atoms with van der Waals surface area (Å²) in [6.07, 6.45) is 1.84. The third-order valence-electron chi connectivity index (χ3n) is 5.97. The number of amides is 1. The molecule has 33 heavy (non-hydrogen) atoms. The Hall–Kier alpha value is -2.37. The number of aliphatic carboxylic acids is 2. The Kier molecular flexibility index (Phi) is 10.4. The molecule has 1 amide bonds. The second kappa shape index (κ2) is 12.8. The first-order valence-corrected chi connectivity index (χ1v) is 11.7. The molecule has 184 valence electrons. The molecule has 3 rings (SSSR count). The van der Waals surface area contributed by atoms with Gasteiger partial charge in [0, 0.05) is 38.6 Å². The van der Waals surface area contributed by atoms with Gasteiger partial charge in [-0.1, -0.05) is 6.92 Å². The van der Waals surface area contributed by atoms with Crippen LogP contribution in [0.15, 0.2) is 16.6 Å². The number of benzene rings is 1. The first-order valence-electron chi connectivity index (χ1n) is 10.9. The van der Waals surface area contributed by atoms with E-state index in [1.54, 1.807) is 7.11 Å². The highest BCUT2D eigenvalue weighted by Gasteiger charge is 2.30. The van der Waals surface area contributed by atoms with Crippen LogP contribution < -0.4 is 4.74 Å². The van der Waals surface area contributed by atoms with Crippen molar-refractivity contribution in [2.24, 2.45) is 5.92 Å². The van der Waals surface area contributed by atoms with Crippen molar-refractivity contribution in [1.29, 1.82) is 0 Å². The lowest BCUT2D eigenvalue weighted by Crippen LogP contribution is -2.51. The van der Waals surface area contributed by atoms with E-state index in [1.807, 2.05) is 12.1 Å². The number of aromatic hydroxyl groups is 1. The monoisotopic (exact) mass is 529 g/mol. The SMILES string of the molecule is CCN1CCN(C(=O)C2CCN(Cc3cc(Br)c(O)c(OC)c3)CC2)CC1.O=C(O)C(=O)O. The summed E-state index contributed by atoms with van der Waals surface area (Å²) in [4.78, 5) is 37.9. The number of carbonyl (C=O) groups is 3. The van der Waals surface area contributed by atoms with Crippen molar-refractivity contribution in [3.8, 4) is 11.5 Å². The zero-order chi connectivity index (χ0) is 24.5. The van der Waals surface area contributed by atoms with Crippen LogP contribution in [0.1, 0.15) is 25.3 Å². The van der Waals surface area contributed by atoms with Crippen molar-refractivity contribution in [2.45, 2.75) is 26.3 Å². The Morgan fingerprint density at radius 3 is 2.06 bits per heavy atom. The fourth-order valence-electron chi connectivity index (χ4n) is 4.01. The predicted molar refractivity (Wildman–Crippen MR) is 124 cm³/mol. The Labute approximate surface area is 201 Å². The Morgan fingerprint density at radius 2 is 1.58 bits per heavy atom. The number of halogens is 1. The van der Waals surface area contributed by atoms with E-state index in [0.717, 1.165) is 70.8 Å². The number of likely N-dealkylation sites (tertiary alicyclic amines) is 1. The number of rotatable bonds is 5. The summed E-state index contributed by atoms with van der Waals surface area (Å²) < 4.78 is 5.88. The van der Waals surface area contributed by atoms with Crippen molar-refractivity contribution in [2.75, 3.05) is 52.9 Å². The van der Waals surface area contributed by atoms with Crippen molar-refractivity contribution in [1.82, 2.24) is 14.7 Å². The Morgan fingerprint density at radius 1 is 1.00 bits per heavy atom. The van der Waals surface area contributed by atoms with E-state index in [1.165, 1.54) is 0 Å². The predicted octanol–water partition coefficient (Wildman–Crippen LogP) is 1.69. The molecule has 0 spiro atoms. The van der Waals surface area contributed by atoms with E-state index in [9.17, 15) is 9.90 Å². The molecule has 2 aliphatic heterocycles. The average molecular weight is 530 g/mol. The smallest absolute Gasteiger partial charge is 0.414 e. The zero-order valence-electron chi connectivity index (χ0n) is 19.0. The number of likely N-dealkylation sites (N-methyl/N-ethyl adjacent to an activating group) is 1. The molecule has 0 atom stereocenters. The maximum absolute atomic E-state index is 12.8. The first kappa shape index (κ1) is 26.9. The number of nitrogens with zero attached hydrogens (tertiary/aromatic N) is 3. The largest absolute Gasteiger partial charge is 0.503 e. The lowest BCUT2D eigenvalue weighted by atomic mass is 9.94. The number of carboxylic acid groups (broad SMARTS) is 2. The number of phenolic OH excluding ortho intramolecular Hbond substituents is 1. The fourth-order valence-corrected chi connectivity index (χ4v) is 4.50. The summed E-state index contributed by atoms with van der Waals surface area (Å²) in [6.45, 7) is 9.62. The number of carbonyl (C=O) groups excluding carboxylic acids is 1. The molecule has 0 radical (unpaired) electrons. The van der Waals surface area contributed by atoms with E-state index in [4.69, 9.17) is 24.5 Å². The van der Waals surface area contributed by atoms with E-state index < -0.39 is 11.9 Å². The van der Waals surface area contributed by atoms with E-state index >= 15 is 0 Å². The van der Waals surface area contributed by atoms with Crippen molar-refractivity contribution in [3.63, 3.8) is 0 Å². The minimum atomic E-state index is -1.82. The fraction of sp³-hybridized carbons (Fsp3) is 0.591.